The maximum absolute atomic E-state index is 13.6. The molecular weight excluding hydrogens is 460 g/mol. The fraction of sp³-hybridized carbons (Fsp3) is 0.185. The minimum Gasteiger partial charge on any atom is -0.325 e. The quantitative estimate of drug-likeness (QED) is 0.390. The molecule has 0 aliphatic rings. The Hall–Kier alpha value is -4.04. The number of benzene rings is 2. The number of pyridine rings is 1. The van der Waals surface area contributed by atoms with Gasteiger partial charge in [-0.05, 0) is 61.2 Å². The van der Waals surface area contributed by atoms with Crippen LogP contribution in [0.3, 0.4) is 0 Å². The first kappa shape index (κ1) is 22.7. The number of carbonyl (C=O) groups is 1. The van der Waals surface area contributed by atoms with Crippen molar-refractivity contribution in [2.24, 2.45) is 0 Å². The van der Waals surface area contributed by atoms with E-state index in [0.717, 1.165) is 16.7 Å². The highest BCUT2D eigenvalue weighted by Crippen LogP contribution is 2.29. The van der Waals surface area contributed by atoms with Gasteiger partial charge in [-0.15, -0.1) is 11.3 Å². The van der Waals surface area contributed by atoms with Crippen LogP contribution in [0.2, 0.25) is 0 Å². The number of hydrogen-bond acceptors (Lipinski definition) is 5. The van der Waals surface area contributed by atoms with Crippen LogP contribution in [0.5, 0.6) is 0 Å². The summed E-state index contributed by atoms with van der Waals surface area (Å²) in [5, 5.41) is 3.57. The largest absolute Gasteiger partial charge is 0.332 e. The number of aromatic nitrogens is 3. The minimum absolute atomic E-state index is 0.214. The Balaban J connectivity index is 1.58. The number of rotatable bonds is 6. The zero-order valence-electron chi connectivity index (χ0n) is 19.4. The maximum atomic E-state index is 13.6. The molecule has 1 N–H and O–H groups in total. The second kappa shape index (κ2) is 9.31. The van der Waals surface area contributed by atoms with Gasteiger partial charge in [0.15, 0.2) is 0 Å². The third-order valence-electron chi connectivity index (χ3n) is 6.17. The van der Waals surface area contributed by atoms with E-state index in [1.165, 1.54) is 20.5 Å². The lowest BCUT2D eigenvalue weighted by Crippen LogP contribution is -2.41. The van der Waals surface area contributed by atoms with Crippen molar-refractivity contribution in [1.82, 2.24) is 14.1 Å². The second-order valence-electron chi connectivity index (χ2n) is 8.54. The number of carbonyl (C=O) groups excluding carboxylic acids is 1. The first-order valence-corrected chi connectivity index (χ1v) is 12.2. The molecule has 0 saturated carbocycles. The average Bonchev–Trinajstić information content (AvgIpc) is 3.24. The summed E-state index contributed by atoms with van der Waals surface area (Å²) in [5.41, 5.74) is 3.48. The van der Waals surface area contributed by atoms with Gasteiger partial charge >= 0.3 is 5.69 Å². The maximum Gasteiger partial charge on any atom is 0.332 e. The Morgan fingerprint density at radius 1 is 0.971 bits per heavy atom. The van der Waals surface area contributed by atoms with Gasteiger partial charge in [0, 0.05) is 23.8 Å². The second-order valence-corrected chi connectivity index (χ2v) is 9.54. The Kier molecular flexibility index (Phi) is 6.05. The molecule has 176 valence electrons. The molecule has 2 aromatic carbocycles. The lowest BCUT2D eigenvalue weighted by Gasteiger charge is -2.13. The summed E-state index contributed by atoms with van der Waals surface area (Å²) in [5.74, 6) is -0.340. The lowest BCUT2D eigenvalue weighted by atomic mass is 10.1. The molecule has 35 heavy (non-hydrogen) atoms. The van der Waals surface area contributed by atoms with E-state index in [2.05, 4.69) is 10.3 Å². The predicted octanol–water partition coefficient (Wildman–Crippen LogP) is 4.27. The van der Waals surface area contributed by atoms with Crippen molar-refractivity contribution < 1.29 is 4.79 Å². The van der Waals surface area contributed by atoms with Crippen LogP contribution in [0.15, 0.2) is 76.4 Å². The summed E-state index contributed by atoms with van der Waals surface area (Å²) in [6.07, 6.45) is 2.18. The first-order chi connectivity index (χ1) is 16.9. The summed E-state index contributed by atoms with van der Waals surface area (Å²) in [6.45, 7) is 3.99. The number of hydrogen-bond donors (Lipinski definition) is 1. The van der Waals surface area contributed by atoms with E-state index in [4.69, 9.17) is 0 Å². The van der Waals surface area contributed by atoms with E-state index in [0.29, 0.717) is 32.5 Å². The van der Waals surface area contributed by atoms with Crippen molar-refractivity contribution in [2.45, 2.75) is 33.4 Å². The molecule has 1 amide bonds. The number of nitrogens with zero attached hydrogens (tertiary/aromatic N) is 3. The number of amides is 1. The molecule has 0 unspecified atom stereocenters. The van der Waals surface area contributed by atoms with Crippen LogP contribution in [0.4, 0.5) is 5.69 Å². The van der Waals surface area contributed by atoms with Gasteiger partial charge in [-0.2, -0.15) is 0 Å². The van der Waals surface area contributed by atoms with Gasteiger partial charge in [-0.1, -0.05) is 36.4 Å². The van der Waals surface area contributed by atoms with Crippen LogP contribution in [-0.4, -0.2) is 20.0 Å². The highest BCUT2D eigenvalue weighted by molar-refractivity contribution is 7.25. The van der Waals surface area contributed by atoms with Crippen molar-refractivity contribution in [2.75, 3.05) is 5.32 Å². The van der Waals surface area contributed by atoms with E-state index in [1.807, 2.05) is 68.4 Å². The zero-order valence-corrected chi connectivity index (χ0v) is 20.3. The van der Waals surface area contributed by atoms with Crippen LogP contribution in [0, 0.1) is 13.8 Å². The Morgan fingerprint density at radius 2 is 1.77 bits per heavy atom. The van der Waals surface area contributed by atoms with Gasteiger partial charge in [0.05, 0.1) is 5.52 Å². The lowest BCUT2D eigenvalue weighted by molar-refractivity contribution is -0.116. The molecule has 3 heterocycles. The molecule has 0 saturated heterocycles. The molecule has 8 heteroatoms. The molecule has 0 atom stereocenters. The summed E-state index contributed by atoms with van der Waals surface area (Å²) >= 11 is 1.25. The molecule has 7 nitrogen and oxygen atoms in total. The van der Waals surface area contributed by atoms with E-state index < -0.39 is 5.69 Å². The van der Waals surface area contributed by atoms with Crippen LogP contribution in [0.25, 0.3) is 20.4 Å². The third kappa shape index (κ3) is 4.40. The van der Waals surface area contributed by atoms with Crippen LogP contribution >= 0.6 is 11.3 Å². The van der Waals surface area contributed by atoms with Crippen molar-refractivity contribution in [3.63, 3.8) is 0 Å². The number of aryl methyl sites for hydroxylation is 3. The Bertz CT molecular complexity index is 1680. The van der Waals surface area contributed by atoms with Gasteiger partial charge in [-0.25, -0.2) is 9.78 Å². The van der Waals surface area contributed by atoms with Gasteiger partial charge in [0.1, 0.15) is 16.1 Å². The number of nitrogens with one attached hydrogen (secondary N) is 1. The van der Waals surface area contributed by atoms with E-state index in [9.17, 15) is 14.4 Å². The van der Waals surface area contributed by atoms with Gasteiger partial charge in [-0.3, -0.25) is 18.7 Å². The Labute approximate surface area is 205 Å². The standard InChI is InChI=1S/C27H24N4O3S/c1-17-10-11-20(15-18(17)2)29-22(32)16-31-23-21-9-6-13-28-25(21)35-24(23)26(33)30(27(31)34)14-12-19-7-4-3-5-8-19/h3-11,13,15H,12,14,16H2,1-2H3,(H,29,32). The highest BCUT2D eigenvalue weighted by Gasteiger charge is 2.20. The van der Waals surface area contributed by atoms with Crippen LogP contribution < -0.4 is 16.6 Å². The number of fused-ring (bicyclic) bond motifs is 3. The monoisotopic (exact) mass is 484 g/mol. The van der Waals surface area contributed by atoms with E-state index in [1.54, 1.807) is 12.3 Å². The van der Waals surface area contributed by atoms with Crippen molar-refractivity contribution in [3.05, 3.63) is 104 Å². The molecule has 0 fully saturated rings. The summed E-state index contributed by atoms with van der Waals surface area (Å²) in [4.78, 5) is 45.0. The summed E-state index contributed by atoms with van der Waals surface area (Å²) in [6, 6.07) is 19.0. The average molecular weight is 485 g/mol. The molecular formula is C27H24N4O3S. The molecule has 0 bridgehead atoms. The highest BCUT2D eigenvalue weighted by atomic mass is 32.1. The SMILES string of the molecule is Cc1ccc(NC(=O)Cn2c(=O)n(CCc3ccccc3)c(=O)c3sc4ncccc4c32)cc1C. The molecule has 0 aliphatic carbocycles. The van der Waals surface area contributed by atoms with Gasteiger partial charge < -0.3 is 5.32 Å². The summed E-state index contributed by atoms with van der Waals surface area (Å²) < 4.78 is 3.05. The van der Waals surface area contributed by atoms with Crippen molar-refractivity contribution >= 4 is 43.4 Å². The van der Waals surface area contributed by atoms with Crippen molar-refractivity contribution in [3.8, 4) is 0 Å². The van der Waals surface area contributed by atoms with E-state index >= 15 is 0 Å². The smallest absolute Gasteiger partial charge is 0.325 e. The number of thiophene rings is 1. The van der Waals surface area contributed by atoms with Gasteiger partial charge in [0.25, 0.3) is 5.56 Å². The molecule has 3 aromatic heterocycles. The number of anilines is 1. The minimum atomic E-state index is -0.503. The fourth-order valence-electron chi connectivity index (χ4n) is 4.18. The first-order valence-electron chi connectivity index (χ1n) is 11.3. The fourth-order valence-corrected chi connectivity index (χ4v) is 5.27. The van der Waals surface area contributed by atoms with Crippen LogP contribution in [0.1, 0.15) is 16.7 Å². The molecule has 0 spiro atoms. The predicted molar refractivity (Wildman–Crippen MR) is 140 cm³/mol. The molecule has 5 rings (SSSR count). The normalized spacial score (nSPS) is 11.3. The van der Waals surface area contributed by atoms with Gasteiger partial charge in [0.2, 0.25) is 5.91 Å². The summed E-state index contributed by atoms with van der Waals surface area (Å²) in [7, 11) is 0. The van der Waals surface area contributed by atoms with Crippen molar-refractivity contribution in [1.29, 1.82) is 0 Å². The molecule has 0 aliphatic heterocycles. The Morgan fingerprint density at radius 3 is 2.54 bits per heavy atom. The molecule has 5 aromatic rings. The third-order valence-corrected chi connectivity index (χ3v) is 7.26. The van der Waals surface area contributed by atoms with E-state index in [-0.39, 0.29) is 24.6 Å². The molecule has 0 radical (unpaired) electrons. The zero-order chi connectivity index (χ0) is 24.5. The van der Waals surface area contributed by atoms with Crippen LogP contribution in [-0.2, 0) is 24.3 Å². The topological polar surface area (TPSA) is 86.0 Å².